The first-order valence-electron chi connectivity index (χ1n) is 5.22. The number of hydrogen-bond acceptors (Lipinski definition) is 5. The van der Waals surface area contributed by atoms with Gasteiger partial charge in [-0.05, 0) is 11.6 Å². The minimum absolute atomic E-state index is 0.0405. The van der Waals surface area contributed by atoms with E-state index in [1.165, 1.54) is 0 Å². The fraction of sp³-hybridized carbons (Fsp3) is 0.778. The van der Waals surface area contributed by atoms with Crippen LogP contribution < -0.4 is 5.01 Å². The van der Waals surface area contributed by atoms with Gasteiger partial charge in [0.2, 0.25) is 0 Å². The molecule has 84 valence electrons. The maximum atomic E-state index is 9.10. The molecule has 1 saturated heterocycles. The third-order valence-electron chi connectivity index (χ3n) is 2.60. The van der Waals surface area contributed by atoms with Crippen LogP contribution in [-0.2, 0) is 11.3 Å². The van der Waals surface area contributed by atoms with Gasteiger partial charge in [0, 0.05) is 0 Å². The molecule has 0 amide bonds. The van der Waals surface area contributed by atoms with Crippen molar-refractivity contribution < 1.29 is 9.84 Å². The summed E-state index contributed by atoms with van der Waals surface area (Å²) in [5.41, 5.74) is 0.715. The molecule has 0 aliphatic carbocycles. The molecule has 1 aliphatic rings. The van der Waals surface area contributed by atoms with Crippen molar-refractivity contribution in [2.45, 2.75) is 26.1 Å². The molecule has 0 radical (unpaired) electrons. The Morgan fingerprint density at radius 2 is 2.53 bits per heavy atom. The van der Waals surface area contributed by atoms with Gasteiger partial charge in [0.15, 0.2) is 0 Å². The number of rotatable bonds is 3. The summed E-state index contributed by atoms with van der Waals surface area (Å²) < 4.78 is 5.56. The molecule has 2 rings (SSSR count). The van der Waals surface area contributed by atoms with Crippen LogP contribution >= 0.6 is 0 Å². The largest absolute Gasteiger partial charge is 0.390 e. The SMILES string of the molecule is CCC1CN(n2nncc2CO)CCO1. The molecule has 0 aromatic carbocycles. The average molecular weight is 212 g/mol. The standard InChI is InChI=1S/C9H16N4O2/c1-2-9-6-12(3-4-15-9)13-8(7-14)5-10-11-13/h5,9,14H,2-4,6-7H2,1H3. The van der Waals surface area contributed by atoms with Gasteiger partial charge in [-0.3, -0.25) is 5.01 Å². The highest BCUT2D eigenvalue weighted by Crippen LogP contribution is 2.08. The zero-order chi connectivity index (χ0) is 10.7. The molecule has 1 aromatic rings. The van der Waals surface area contributed by atoms with Crippen LogP contribution in [0, 0.1) is 0 Å². The summed E-state index contributed by atoms with van der Waals surface area (Å²) in [6.45, 7) is 4.34. The van der Waals surface area contributed by atoms with Crippen molar-refractivity contribution in [1.82, 2.24) is 15.1 Å². The lowest BCUT2D eigenvalue weighted by atomic mass is 10.2. The van der Waals surface area contributed by atoms with Crippen molar-refractivity contribution >= 4 is 0 Å². The summed E-state index contributed by atoms with van der Waals surface area (Å²) in [6.07, 6.45) is 2.81. The molecule has 2 heterocycles. The molecule has 1 fully saturated rings. The maximum absolute atomic E-state index is 9.10. The Morgan fingerprint density at radius 3 is 3.27 bits per heavy atom. The lowest BCUT2D eigenvalue weighted by molar-refractivity contribution is 0.0270. The number of aliphatic hydroxyl groups is 1. The van der Waals surface area contributed by atoms with E-state index in [-0.39, 0.29) is 12.7 Å². The molecule has 1 aliphatic heterocycles. The van der Waals surface area contributed by atoms with Crippen LogP contribution in [0.3, 0.4) is 0 Å². The summed E-state index contributed by atoms with van der Waals surface area (Å²) in [7, 11) is 0. The first-order chi connectivity index (χ1) is 7.35. The van der Waals surface area contributed by atoms with Crippen molar-refractivity contribution in [3.05, 3.63) is 11.9 Å². The van der Waals surface area contributed by atoms with Gasteiger partial charge < -0.3 is 9.84 Å². The first-order valence-corrected chi connectivity index (χ1v) is 5.22. The molecule has 15 heavy (non-hydrogen) atoms. The lowest BCUT2D eigenvalue weighted by Gasteiger charge is -2.33. The molecule has 1 unspecified atom stereocenters. The second-order valence-corrected chi connectivity index (χ2v) is 3.59. The van der Waals surface area contributed by atoms with Crippen LogP contribution in [0.5, 0.6) is 0 Å². The normalized spacial score (nSPS) is 22.0. The molecular formula is C9H16N4O2. The van der Waals surface area contributed by atoms with Gasteiger partial charge in [-0.15, -0.1) is 5.10 Å². The zero-order valence-electron chi connectivity index (χ0n) is 8.83. The van der Waals surface area contributed by atoms with Crippen molar-refractivity contribution in [2.24, 2.45) is 0 Å². The van der Waals surface area contributed by atoms with Gasteiger partial charge in [-0.25, -0.2) is 0 Å². The predicted octanol–water partition coefficient (Wildman–Crippen LogP) is -0.483. The molecule has 0 saturated carbocycles. The van der Waals surface area contributed by atoms with Crippen LogP contribution in [0.4, 0.5) is 0 Å². The number of hydrogen-bond donors (Lipinski definition) is 1. The van der Waals surface area contributed by atoms with Crippen LogP contribution in [0.15, 0.2) is 6.20 Å². The van der Waals surface area contributed by atoms with Crippen molar-refractivity contribution in [3.63, 3.8) is 0 Å². The quantitative estimate of drug-likeness (QED) is 0.733. The molecule has 0 spiro atoms. The van der Waals surface area contributed by atoms with Crippen LogP contribution in [0.25, 0.3) is 0 Å². The topological polar surface area (TPSA) is 63.4 Å². The molecule has 6 nitrogen and oxygen atoms in total. The zero-order valence-corrected chi connectivity index (χ0v) is 8.83. The molecule has 0 bridgehead atoms. The summed E-state index contributed by atoms with van der Waals surface area (Å²) >= 11 is 0. The lowest BCUT2D eigenvalue weighted by Crippen LogP contribution is -2.49. The number of nitrogens with zero attached hydrogens (tertiary/aromatic N) is 4. The van der Waals surface area contributed by atoms with Gasteiger partial charge >= 0.3 is 0 Å². The van der Waals surface area contributed by atoms with Crippen molar-refractivity contribution in [3.8, 4) is 0 Å². The highest BCUT2D eigenvalue weighted by atomic mass is 16.5. The molecule has 1 N–H and O–H groups in total. The summed E-state index contributed by atoms with van der Waals surface area (Å²) in [4.78, 5) is 1.67. The Morgan fingerprint density at radius 1 is 1.67 bits per heavy atom. The van der Waals surface area contributed by atoms with E-state index >= 15 is 0 Å². The smallest absolute Gasteiger partial charge is 0.108 e. The van der Waals surface area contributed by atoms with E-state index in [2.05, 4.69) is 22.2 Å². The van der Waals surface area contributed by atoms with E-state index in [4.69, 9.17) is 9.84 Å². The second kappa shape index (κ2) is 4.59. The first kappa shape index (κ1) is 10.4. The summed E-state index contributed by atoms with van der Waals surface area (Å²) in [5.74, 6) is 0. The van der Waals surface area contributed by atoms with Gasteiger partial charge in [-0.2, -0.15) is 4.79 Å². The molecule has 1 atom stereocenters. The minimum Gasteiger partial charge on any atom is -0.390 e. The van der Waals surface area contributed by atoms with Crippen LogP contribution in [0.2, 0.25) is 0 Å². The Hall–Kier alpha value is -1.14. The van der Waals surface area contributed by atoms with Gasteiger partial charge in [0.1, 0.15) is 5.69 Å². The highest BCUT2D eigenvalue weighted by Gasteiger charge is 2.21. The maximum Gasteiger partial charge on any atom is 0.108 e. The van der Waals surface area contributed by atoms with E-state index in [9.17, 15) is 0 Å². The highest BCUT2D eigenvalue weighted by molar-refractivity contribution is 4.99. The van der Waals surface area contributed by atoms with E-state index in [0.29, 0.717) is 12.3 Å². The van der Waals surface area contributed by atoms with E-state index in [1.807, 2.05) is 0 Å². The fourth-order valence-corrected chi connectivity index (χ4v) is 1.72. The Balaban J connectivity index is 2.09. The Kier molecular flexibility index (Phi) is 3.17. The van der Waals surface area contributed by atoms with Crippen molar-refractivity contribution in [2.75, 3.05) is 24.7 Å². The van der Waals surface area contributed by atoms with Gasteiger partial charge in [0.25, 0.3) is 0 Å². The third-order valence-corrected chi connectivity index (χ3v) is 2.60. The van der Waals surface area contributed by atoms with E-state index < -0.39 is 0 Å². The Labute approximate surface area is 88.4 Å². The van der Waals surface area contributed by atoms with Crippen molar-refractivity contribution in [1.29, 1.82) is 0 Å². The number of aromatic nitrogens is 3. The summed E-state index contributed by atoms with van der Waals surface area (Å²) in [5, 5.41) is 18.9. The second-order valence-electron chi connectivity index (χ2n) is 3.59. The number of aliphatic hydroxyl groups excluding tert-OH is 1. The predicted molar refractivity (Wildman–Crippen MR) is 53.9 cm³/mol. The molecular weight excluding hydrogens is 196 g/mol. The molecule has 1 aromatic heterocycles. The van der Waals surface area contributed by atoms with Crippen LogP contribution in [-0.4, -0.2) is 46.0 Å². The molecule has 6 heteroatoms. The fourth-order valence-electron chi connectivity index (χ4n) is 1.72. The number of morpholine rings is 1. The average Bonchev–Trinajstić information content (AvgIpc) is 2.77. The number of ether oxygens (including phenoxy) is 1. The van der Waals surface area contributed by atoms with Crippen LogP contribution in [0.1, 0.15) is 19.0 Å². The van der Waals surface area contributed by atoms with Gasteiger partial charge in [0.05, 0.1) is 38.6 Å². The summed E-state index contributed by atoms with van der Waals surface area (Å²) in [6, 6.07) is 0. The van der Waals surface area contributed by atoms with E-state index in [1.54, 1.807) is 11.0 Å². The monoisotopic (exact) mass is 212 g/mol. The minimum atomic E-state index is -0.0405. The van der Waals surface area contributed by atoms with Gasteiger partial charge in [-0.1, -0.05) is 6.92 Å². The Bertz CT molecular complexity index is 315. The van der Waals surface area contributed by atoms with E-state index in [0.717, 1.165) is 19.5 Å². The third kappa shape index (κ3) is 2.10.